The maximum Gasteiger partial charge on any atom is 0.266 e. The average molecular weight is 473 g/mol. The summed E-state index contributed by atoms with van der Waals surface area (Å²) in [5.41, 5.74) is 1.16. The number of nitrogens with zero attached hydrogens (tertiary/aromatic N) is 2. The molecule has 2 N–H and O–H groups in total. The molecule has 2 aromatic carbocycles. The minimum absolute atomic E-state index is 0.112. The summed E-state index contributed by atoms with van der Waals surface area (Å²) in [6.45, 7) is 1.80. The molecule has 0 radical (unpaired) electrons. The van der Waals surface area contributed by atoms with E-state index in [9.17, 15) is 19.6 Å². The number of aryl methyl sites for hydroxylation is 1. The van der Waals surface area contributed by atoms with Crippen LogP contribution >= 0.6 is 35.4 Å². The summed E-state index contributed by atoms with van der Waals surface area (Å²) in [7, 11) is 0. The lowest BCUT2D eigenvalue weighted by molar-refractivity contribution is -0.131. The van der Waals surface area contributed by atoms with Gasteiger partial charge in [-0.1, -0.05) is 29.3 Å². The van der Waals surface area contributed by atoms with E-state index in [4.69, 9.17) is 35.4 Å². The van der Waals surface area contributed by atoms with Crippen molar-refractivity contribution in [1.29, 1.82) is 5.26 Å². The largest absolute Gasteiger partial charge is 0.321 e. The summed E-state index contributed by atoms with van der Waals surface area (Å²) in [6, 6.07) is 12.8. The molecular weight excluding hydrogens is 459 g/mol. The molecule has 0 saturated carbocycles. The maximum atomic E-state index is 13.0. The van der Waals surface area contributed by atoms with Gasteiger partial charge in [0, 0.05) is 15.7 Å². The van der Waals surface area contributed by atoms with Crippen LogP contribution in [0, 0.1) is 24.2 Å². The number of hydrogen-bond donors (Lipinski definition) is 2. The predicted octanol–water partition coefficient (Wildman–Crippen LogP) is 3.75. The minimum Gasteiger partial charge on any atom is -0.321 e. The Labute approximate surface area is 193 Å². The number of thiocarbonyl (C=S) groups is 1. The Morgan fingerprint density at radius 1 is 1.23 bits per heavy atom. The van der Waals surface area contributed by atoms with E-state index in [2.05, 4.69) is 10.6 Å². The van der Waals surface area contributed by atoms with Gasteiger partial charge >= 0.3 is 0 Å². The van der Waals surface area contributed by atoms with Crippen LogP contribution in [-0.2, 0) is 14.4 Å². The molecule has 10 heteroatoms. The fourth-order valence-corrected chi connectivity index (χ4v) is 3.37. The summed E-state index contributed by atoms with van der Waals surface area (Å²) < 4.78 is 0. The number of nitriles is 1. The van der Waals surface area contributed by atoms with Gasteiger partial charge in [-0.15, -0.1) is 0 Å². The topological polar surface area (TPSA) is 102 Å². The van der Waals surface area contributed by atoms with Crippen LogP contribution in [0.4, 0.5) is 11.4 Å². The first-order chi connectivity index (χ1) is 14.7. The van der Waals surface area contributed by atoms with Gasteiger partial charge in [-0.2, -0.15) is 5.26 Å². The second kappa shape index (κ2) is 9.27. The molecule has 1 fully saturated rings. The van der Waals surface area contributed by atoms with Crippen molar-refractivity contribution < 1.29 is 14.4 Å². The van der Waals surface area contributed by atoms with Crippen molar-refractivity contribution in [3.8, 4) is 6.07 Å². The van der Waals surface area contributed by atoms with Crippen molar-refractivity contribution in [2.75, 3.05) is 10.2 Å². The Kier molecular flexibility index (Phi) is 6.71. The zero-order valence-corrected chi connectivity index (χ0v) is 18.3. The molecule has 1 aliphatic heterocycles. The van der Waals surface area contributed by atoms with E-state index in [-0.39, 0.29) is 5.11 Å². The second-order valence-corrected chi connectivity index (χ2v) is 7.76. The Balaban J connectivity index is 1.88. The van der Waals surface area contributed by atoms with Gasteiger partial charge in [0.05, 0.1) is 5.69 Å². The van der Waals surface area contributed by atoms with Gasteiger partial charge in [0.15, 0.2) is 5.11 Å². The first-order valence-electron chi connectivity index (χ1n) is 8.85. The molecule has 1 saturated heterocycles. The number of anilines is 2. The molecule has 7 nitrogen and oxygen atoms in total. The number of rotatable bonds is 4. The molecule has 0 unspecified atom stereocenters. The van der Waals surface area contributed by atoms with Crippen LogP contribution in [0.2, 0.25) is 10.0 Å². The van der Waals surface area contributed by atoms with Crippen molar-refractivity contribution in [2.24, 2.45) is 5.92 Å². The quantitative estimate of drug-likeness (QED) is 0.305. The molecule has 156 valence electrons. The standard InChI is InChI=1S/C21H14Cl2N4O3S/c1-11-2-5-14(9-17(11)23)25-18(28)12(10-24)8-16-19(29)26-21(31)27(20(16)30)15-6-3-13(22)4-7-15/h2-9,16H,1H3,(H,25,28)(H,26,29,31)/b12-8+/t16-/m0/s1. The van der Waals surface area contributed by atoms with Crippen LogP contribution in [-0.4, -0.2) is 22.8 Å². The number of benzene rings is 2. The maximum absolute atomic E-state index is 13.0. The number of carbonyl (C=O) groups excluding carboxylic acids is 3. The van der Waals surface area contributed by atoms with Crippen molar-refractivity contribution in [3.63, 3.8) is 0 Å². The number of halogens is 2. The lowest BCUT2D eigenvalue weighted by Gasteiger charge is -2.31. The molecule has 3 rings (SSSR count). The van der Waals surface area contributed by atoms with Crippen molar-refractivity contribution in [3.05, 3.63) is 69.7 Å². The predicted molar refractivity (Wildman–Crippen MR) is 122 cm³/mol. The van der Waals surface area contributed by atoms with E-state index >= 15 is 0 Å². The van der Waals surface area contributed by atoms with E-state index in [0.717, 1.165) is 16.5 Å². The van der Waals surface area contributed by atoms with E-state index in [0.29, 0.717) is 21.4 Å². The van der Waals surface area contributed by atoms with E-state index in [1.165, 1.54) is 6.07 Å². The van der Waals surface area contributed by atoms with Crippen LogP contribution in [0.1, 0.15) is 5.56 Å². The monoisotopic (exact) mass is 472 g/mol. The van der Waals surface area contributed by atoms with Gasteiger partial charge in [-0.3, -0.25) is 19.3 Å². The Morgan fingerprint density at radius 2 is 1.90 bits per heavy atom. The number of carbonyl (C=O) groups is 3. The molecule has 2 aromatic rings. The minimum atomic E-state index is -1.43. The fourth-order valence-electron chi connectivity index (χ4n) is 2.77. The first-order valence-corrected chi connectivity index (χ1v) is 10.0. The average Bonchev–Trinajstić information content (AvgIpc) is 2.72. The Morgan fingerprint density at radius 3 is 2.52 bits per heavy atom. The van der Waals surface area contributed by atoms with Gasteiger partial charge in [0.1, 0.15) is 17.6 Å². The zero-order chi connectivity index (χ0) is 22.7. The number of hydrogen-bond acceptors (Lipinski definition) is 5. The molecule has 0 aliphatic carbocycles. The normalized spacial score (nSPS) is 16.6. The lowest BCUT2D eigenvalue weighted by atomic mass is 10.0. The van der Waals surface area contributed by atoms with Crippen molar-refractivity contribution in [1.82, 2.24) is 5.32 Å². The lowest BCUT2D eigenvalue weighted by Crippen LogP contribution is -2.57. The molecule has 31 heavy (non-hydrogen) atoms. The third kappa shape index (κ3) is 4.91. The van der Waals surface area contributed by atoms with E-state index < -0.39 is 29.2 Å². The zero-order valence-electron chi connectivity index (χ0n) is 16.0. The molecule has 0 bridgehead atoms. The van der Waals surface area contributed by atoms with Crippen molar-refractivity contribution in [2.45, 2.75) is 6.92 Å². The third-order valence-corrected chi connectivity index (χ3v) is 5.36. The fraction of sp³-hybridized carbons (Fsp3) is 0.0952. The van der Waals surface area contributed by atoms with Gasteiger partial charge in [-0.25, -0.2) is 0 Å². The van der Waals surface area contributed by atoms with Gasteiger partial charge in [0.2, 0.25) is 11.8 Å². The second-order valence-electron chi connectivity index (χ2n) is 6.53. The van der Waals surface area contributed by atoms with Crippen LogP contribution in [0.5, 0.6) is 0 Å². The number of amides is 3. The summed E-state index contributed by atoms with van der Waals surface area (Å²) in [5, 5.41) is 15.2. The summed E-state index contributed by atoms with van der Waals surface area (Å²) in [4.78, 5) is 39.0. The SMILES string of the molecule is Cc1ccc(NC(=O)/C(C#N)=C/[C@H]2C(=O)NC(=S)N(c3ccc(Cl)cc3)C2=O)cc1Cl. The summed E-state index contributed by atoms with van der Waals surface area (Å²) in [5.74, 6) is -3.65. The Bertz CT molecular complexity index is 1170. The highest BCUT2D eigenvalue weighted by Crippen LogP contribution is 2.24. The van der Waals surface area contributed by atoms with E-state index in [1.807, 2.05) is 0 Å². The van der Waals surface area contributed by atoms with Crippen LogP contribution in [0.25, 0.3) is 0 Å². The Hall–Kier alpha value is -3.25. The van der Waals surface area contributed by atoms with Gasteiger partial charge in [-0.05, 0) is 67.2 Å². The van der Waals surface area contributed by atoms with Gasteiger partial charge < -0.3 is 10.6 Å². The van der Waals surface area contributed by atoms with Crippen molar-refractivity contribution >= 4 is 69.6 Å². The van der Waals surface area contributed by atoms with Crippen LogP contribution in [0.3, 0.4) is 0 Å². The third-order valence-electron chi connectivity index (χ3n) is 4.42. The van der Waals surface area contributed by atoms with E-state index in [1.54, 1.807) is 49.4 Å². The molecule has 1 atom stereocenters. The first kappa shape index (κ1) is 22.4. The summed E-state index contributed by atoms with van der Waals surface area (Å²) in [6.07, 6.45) is 1.01. The van der Waals surface area contributed by atoms with Crippen LogP contribution in [0.15, 0.2) is 54.1 Å². The molecule has 0 aromatic heterocycles. The molecule has 1 aliphatic rings. The smallest absolute Gasteiger partial charge is 0.266 e. The molecule has 3 amide bonds. The van der Waals surface area contributed by atoms with Gasteiger partial charge in [0.25, 0.3) is 5.91 Å². The molecular formula is C21H14Cl2N4O3S. The highest BCUT2D eigenvalue weighted by molar-refractivity contribution is 7.80. The highest BCUT2D eigenvalue weighted by Gasteiger charge is 2.38. The van der Waals surface area contributed by atoms with Crippen LogP contribution < -0.4 is 15.5 Å². The highest BCUT2D eigenvalue weighted by atomic mass is 35.5. The number of nitrogens with one attached hydrogen (secondary N) is 2. The molecule has 0 spiro atoms. The molecule has 1 heterocycles. The summed E-state index contributed by atoms with van der Waals surface area (Å²) >= 11 is 17.0.